The molecule has 1 aromatic heterocycles. The Morgan fingerprint density at radius 2 is 1.53 bits per heavy atom. The van der Waals surface area contributed by atoms with E-state index in [2.05, 4.69) is 48.0 Å². The number of carbonyl (C=O) groups excluding carboxylic acids is 2. The summed E-state index contributed by atoms with van der Waals surface area (Å²) in [6.45, 7) is 7.56. The summed E-state index contributed by atoms with van der Waals surface area (Å²) in [7, 11) is 3.47. The number of nitrogens with zero attached hydrogens (tertiary/aromatic N) is 4. The Kier molecular flexibility index (Phi) is 6.79. The molecule has 2 aromatic rings. The summed E-state index contributed by atoms with van der Waals surface area (Å²) in [6.07, 6.45) is 6.86. The van der Waals surface area contributed by atoms with Gasteiger partial charge in [-0.15, -0.1) is 0 Å². The van der Waals surface area contributed by atoms with E-state index in [-0.39, 0.29) is 17.2 Å². The Bertz CT molecular complexity index is 1050. The van der Waals surface area contributed by atoms with Gasteiger partial charge >= 0.3 is 0 Å². The molecule has 2 heterocycles. The minimum Gasteiger partial charge on any atom is -0.343 e. The van der Waals surface area contributed by atoms with Gasteiger partial charge in [0.2, 0.25) is 5.91 Å². The predicted octanol–water partition coefficient (Wildman–Crippen LogP) is 4.58. The van der Waals surface area contributed by atoms with Crippen molar-refractivity contribution in [1.82, 2.24) is 19.8 Å². The largest absolute Gasteiger partial charge is 0.343 e. The van der Waals surface area contributed by atoms with Crippen LogP contribution in [-0.4, -0.2) is 58.8 Å². The lowest BCUT2D eigenvalue weighted by Crippen LogP contribution is -2.52. The topological polar surface area (TPSA) is 66.4 Å². The first kappa shape index (κ1) is 24.4. The van der Waals surface area contributed by atoms with Gasteiger partial charge in [0, 0.05) is 38.3 Å². The molecule has 0 atom stereocenters. The summed E-state index contributed by atoms with van der Waals surface area (Å²) in [5.41, 5.74) is 2.98. The Morgan fingerprint density at radius 3 is 2.12 bits per heavy atom. The van der Waals surface area contributed by atoms with Crippen LogP contribution in [-0.2, 0) is 15.6 Å². The van der Waals surface area contributed by atoms with Crippen LogP contribution in [0.1, 0.15) is 85.0 Å². The lowest BCUT2D eigenvalue weighted by molar-refractivity contribution is -0.140. The van der Waals surface area contributed by atoms with Crippen LogP contribution in [0.5, 0.6) is 0 Å². The minimum absolute atomic E-state index is 0.111. The van der Waals surface area contributed by atoms with E-state index in [1.165, 1.54) is 17.5 Å². The van der Waals surface area contributed by atoms with Gasteiger partial charge in [-0.3, -0.25) is 9.59 Å². The molecule has 1 aliphatic carbocycles. The molecule has 6 heteroatoms. The van der Waals surface area contributed by atoms with E-state index in [0.717, 1.165) is 50.0 Å². The second kappa shape index (κ2) is 9.47. The van der Waals surface area contributed by atoms with Gasteiger partial charge in [-0.2, -0.15) is 0 Å². The van der Waals surface area contributed by atoms with Crippen LogP contribution in [0.2, 0.25) is 0 Å². The van der Waals surface area contributed by atoms with Gasteiger partial charge in [0.05, 0.1) is 5.41 Å². The standard InChI is InChI=1S/C28H38N4O2/c1-20-9-11-22(12-10-20)28(13-7-6-8-14-28)26(34)32-17-15-27(3,16-18-32)25-29-21(2)19-23(30-25)24(33)31(4)5/h9-12,19H,6-8,13-18H2,1-5H3. The van der Waals surface area contributed by atoms with Crippen LogP contribution < -0.4 is 0 Å². The van der Waals surface area contributed by atoms with Crippen LogP contribution in [0.25, 0.3) is 0 Å². The molecule has 6 nitrogen and oxygen atoms in total. The van der Waals surface area contributed by atoms with Gasteiger partial charge in [0.25, 0.3) is 5.91 Å². The van der Waals surface area contributed by atoms with E-state index in [1.54, 1.807) is 25.1 Å². The van der Waals surface area contributed by atoms with Crippen LogP contribution in [0.3, 0.4) is 0 Å². The van der Waals surface area contributed by atoms with Crippen LogP contribution in [0.15, 0.2) is 30.3 Å². The molecule has 34 heavy (non-hydrogen) atoms. The third kappa shape index (κ3) is 4.59. The molecule has 0 bridgehead atoms. The summed E-state index contributed by atoms with van der Waals surface area (Å²) < 4.78 is 0. The summed E-state index contributed by atoms with van der Waals surface area (Å²) >= 11 is 0. The van der Waals surface area contributed by atoms with Crippen molar-refractivity contribution >= 4 is 11.8 Å². The highest BCUT2D eigenvalue weighted by atomic mass is 16.2. The first-order chi connectivity index (χ1) is 16.1. The van der Waals surface area contributed by atoms with E-state index in [0.29, 0.717) is 18.8 Å². The molecule has 1 saturated carbocycles. The fraction of sp³-hybridized carbons (Fsp3) is 0.571. The average Bonchev–Trinajstić information content (AvgIpc) is 2.84. The summed E-state index contributed by atoms with van der Waals surface area (Å²) in [4.78, 5) is 39.6. The predicted molar refractivity (Wildman–Crippen MR) is 134 cm³/mol. The van der Waals surface area contributed by atoms with Crippen molar-refractivity contribution in [2.24, 2.45) is 0 Å². The fourth-order valence-electron chi connectivity index (χ4n) is 5.56. The molecular formula is C28H38N4O2. The van der Waals surface area contributed by atoms with Gasteiger partial charge in [-0.1, -0.05) is 56.0 Å². The number of aryl methyl sites for hydroxylation is 2. The maximum Gasteiger partial charge on any atom is 0.272 e. The zero-order valence-corrected chi connectivity index (χ0v) is 21.4. The summed E-state index contributed by atoms with van der Waals surface area (Å²) in [6, 6.07) is 10.3. The van der Waals surface area contributed by atoms with Crippen molar-refractivity contribution in [3.63, 3.8) is 0 Å². The molecule has 0 N–H and O–H groups in total. The van der Waals surface area contributed by atoms with Crippen LogP contribution in [0, 0.1) is 13.8 Å². The van der Waals surface area contributed by atoms with Gasteiger partial charge in [0.1, 0.15) is 11.5 Å². The third-order valence-electron chi connectivity index (χ3n) is 7.89. The number of hydrogen-bond acceptors (Lipinski definition) is 4. The number of amides is 2. The molecule has 1 aliphatic heterocycles. The number of hydrogen-bond donors (Lipinski definition) is 0. The molecular weight excluding hydrogens is 424 g/mol. The third-order valence-corrected chi connectivity index (χ3v) is 7.89. The van der Waals surface area contributed by atoms with Gasteiger partial charge in [0.15, 0.2) is 0 Å². The molecule has 2 fully saturated rings. The van der Waals surface area contributed by atoms with Gasteiger partial charge in [-0.05, 0) is 51.2 Å². The number of piperidine rings is 1. The van der Waals surface area contributed by atoms with Crippen molar-refractivity contribution in [2.45, 2.75) is 76.5 Å². The molecule has 2 amide bonds. The lowest BCUT2D eigenvalue weighted by Gasteiger charge is -2.44. The van der Waals surface area contributed by atoms with E-state index in [1.807, 2.05) is 6.92 Å². The van der Waals surface area contributed by atoms with Crippen molar-refractivity contribution in [3.05, 3.63) is 58.7 Å². The SMILES string of the molecule is Cc1ccc(C2(C(=O)N3CCC(C)(c4nc(C)cc(C(=O)N(C)C)n4)CC3)CCCCC2)cc1. The van der Waals surface area contributed by atoms with Crippen molar-refractivity contribution in [1.29, 1.82) is 0 Å². The van der Waals surface area contributed by atoms with Crippen molar-refractivity contribution in [2.75, 3.05) is 27.2 Å². The second-order valence-corrected chi connectivity index (χ2v) is 10.8. The van der Waals surface area contributed by atoms with E-state index in [4.69, 9.17) is 4.98 Å². The first-order valence-electron chi connectivity index (χ1n) is 12.6. The summed E-state index contributed by atoms with van der Waals surface area (Å²) in [5, 5.41) is 0. The molecule has 0 spiro atoms. The average molecular weight is 463 g/mol. The number of rotatable bonds is 4. The van der Waals surface area contributed by atoms with Gasteiger partial charge in [-0.25, -0.2) is 9.97 Å². The molecule has 4 rings (SSSR count). The number of aromatic nitrogens is 2. The summed E-state index contributed by atoms with van der Waals surface area (Å²) in [5.74, 6) is 0.891. The first-order valence-corrected chi connectivity index (χ1v) is 12.6. The molecule has 182 valence electrons. The van der Waals surface area contributed by atoms with Crippen LogP contribution in [0.4, 0.5) is 0 Å². The second-order valence-electron chi connectivity index (χ2n) is 10.8. The zero-order chi connectivity index (χ0) is 24.5. The minimum atomic E-state index is -0.398. The highest BCUT2D eigenvalue weighted by molar-refractivity contribution is 5.92. The fourth-order valence-corrected chi connectivity index (χ4v) is 5.56. The van der Waals surface area contributed by atoms with E-state index >= 15 is 0 Å². The monoisotopic (exact) mass is 462 g/mol. The zero-order valence-electron chi connectivity index (χ0n) is 21.4. The number of benzene rings is 1. The van der Waals surface area contributed by atoms with Crippen LogP contribution >= 0.6 is 0 Å². The highest BCUT2D eigenvalue weighted by Gasteiger charge is 2.45. The Labute approximate surface area is 203 Å². The number of likely N-dealkylation sites (tertiary alicyclic amines) is 1. The quantitative estimate of drug-likeness (QED) is 0.667. The number of carbonyl (C=O) groups is 2. The maximum absolute atomic E-state index is 14.0. The molecule has 2 aliphatic rings. The Hall–Kier alpha value is -2.76. The highest BCUT2D eigenvalue weighted by Crippen LogP contribution is 2.43. The maximum atomic E-state index is 14.0. The van der Waals surface area contributed by atoms with Gasteiger partial charge < -0.3 is 9.80 Å². The van der Waals surface area contributed by atoms with E-state index < -0.39 is 5.41 Å². The normalized spacial score (nSPS) is 19.5. The molecule has 1 saturated heterocycles. The van der Waals surface area contributed by atoms with Crippen molar-refractivity contribution in [3.8, 4) is 0 Å². The van der Waals surface area contributed by atoms with Crippen molar-refractivity contribution < 1.29 is 9.59 Å². The van der Waals surface area contributed by atoms with E-state index in [9.17, 15) is 9.59 Å². The Balaban J connectivity index is 1.55. The smallest absolute Gasteiger partial charge is 0.272 e. The molecule has 1 aromatic carbocycles. The molecule has 0 unspecified atom stereocenters. The Morgan fingerprint density at radius 1 is 0.912 bits per heavy atom. The molecule has 0 radical (unpaired) electrons. The lowest BCUT2D eigenvalue weighted by atomic mass is 9.67.